The third kappa shape index (κ3) is 3.00. The summed E-state index contributed by atoms with van der Waals surface area (Å²) < 4.78 is 51.4. The molecule has 0 bridgehead atoms. The fourth-order valence-electron chi connectivity index (χ4n) is 1.99. The second-order valence-electron chi connectivity index (χ2n) is 4.97. The standard InChI is InChI=1S/C16H14F4/c1-10(2)11-4-3-5-12(8-11)14-7-6-13(9-15(14)17)16(18,19)20/h3-10H,1-2H3. The molecule has 0 atom stereocenters. The van der Waals surface area contributed by atoms with Crippen LogP contribution in [0.4, 0.5) is 17.6 Å². The molecule has 0 aliphatic heterocycles. The summed E-state index contributed by atoms with van der Waals surface area (Å²) in [6.07, 6.45) is -4.53. The lowest BCUT2D eigenvalue weighted by Crippen LogP contribution is -2.05. The minimum Gasteiger partial charge on any atom is -0.206 e. The molecule has 0 heterocycles. The van der Waals surface area contributed by atoms with E-state index in [9.17, 15) is 17.6 Å². The van der Waals surface area contributed by atoms with Gasteiger partial charge < -0.3 is 0 Å². The van der Waals surface area contributed by atoms with E-state index >= 15 is 0 Å². The van der Waals surface area contributed by atoms with Crippen molar-refractivity contribution in [2.24, 2.45) is 0 Å². The van der Waals surface area contributed by atoms with Gasteiger partial charge in [0.1, 0.15) is 5.82 Å². The quantitative estimate of drug-likeness (QED) is 0.626. The zero-order valence-electron chi connectivity index (χ0n) is 11.1. The largest absolute Gasteiger partial charge is 0.416 e. The van der Waals surface area contributed by atoms with Crippen LogP contribution in [0, 0.1) is 5.82 Å². The Morgan fingerprint density at radius 2 is 1.65 bits per heavy atom. The number of hydrogen-bond donors (Lipinski definition) is 0. The molecule has 0 amide bonds. The average molecular weight is 282 g/mol. The zero-order chi connectivity index (χ0) is 14.9. The lowest BCUT2D eigenvalue weighted by Gasteiger charge is -2.11. The molecule has 0 aliphatic carbocycles. The van der Waals surface area contributed by atoms with E-state index in [0.29, 0.717) is 11.6 Å². The molecule has 0 radical (unpaired) electrons. The van der Waals surface area contributed by atoms with Crippen LogP contribution < -0.4 is 0 Å². The number of halogens is 4. The topological polar surface area (TPSA) is 0 Å². The fourth-order valence-corrected chi connectivity index (χ4v) is 1.99. The molecular weight excluding hydrogens is 268 g/mol. The number of benzene rings is 2. The molecule has 0 aromatic heterocycles. The Labute approximate surface area is 115 Å². The molecule has 20 heavy (non-hydrogen) atoms. The number of rotatable bonds is 2. The smallest absolute Gasteiger partial charge is 0.206 e. The van der Waals surface area contributed by atoms with Gasteiger partial charge >= 0.3 is 6.18 Å². The lowest BCUT2D eigenvalue weighted by atomic mass is 9.96. The summed E-state index contributed by atoms with van der Waals surface area (Å²) >= 11 is 0. The summed E-state index contributed by atoms with van der Waals surface area (Å²) in [4.78, 5) is 0. The molecule has 0 N–H and O–H groups in total. The van der Waals surface area contributed by atoms with Crippen LogP contribution in [0.2, 0.25) is 0 Å². The summed E-state index contributed by atoms with van der Waals surface area (Å²) in [5, 5.41) is 0. The Hall–Kier alpha value is -1.84. The van der Waals surface area contributed by atoms with E-state index in [1.807, 2.05) is 19.9 Å². The Balaban J connectivity index is 2.46. The maximum absolute atomic E-state index is 13.9. The molecule has 0 saturated heterocycles. The molecule has 0 nitrogen and oxygen atoms in total. The highest BCUT2D eigenvalue weighted by Crippen LogP contribution is 2.33. The zero-order valence-corrected chi connectivity index (χ0v) is 11.1. The highest BCUT2D eigenvalue weighted by molar-refractivity contribution is 5.65. The van der Waals surface area contributed by atoms with Crippen molar-refractivity contribution >= 4 is 0 Å². The molecule has 0 saturated carbocycles. The van der Waals surface area contributed by atoms with Gasteiger partial charge in [-0.15, -0.1) is 0 Å². The number of hydrogen-bond acceptors (Lipinski definition) is 0. The normalized spacial score (nSPS) is 11.9. The molecule has 0 fully saturated rings. The summed E-state index contributed by atoms with van der Waals surface area (Å²) in [6, 6.07) is 9.81. The molecule has 2 aromatic carbocycles. The van der Waals surface area contributed by atoms with Crippen LogP contribution in [0.5, 0.6) is 0 Å². The highest BCUT2D eigenvalue weighted by Gasteiger charge is 2.31. The van der Waals surface area contributed by atoms with Crippen molar-refractivity contribution in [1.82, 2.24) is 0 Å². The molecule has 106 valence electrons. The first-order chi connectivity index (χ1) is 9.29. The van der Waals surface area contributed by atoms with Gasteiger partial charge in [0.15, 0.2) is 0 Å². The predicted molar refractivity (Wildman–Crippen MR) is 70.9 cm³/mol. The highest BCUT2D eigenvalue weighted by atomic mass is 19.4. The molecule has 0 unspecified atom stereocenters. The first-order valence-electron chi connectivity index (χ1n) is 6.26. The van der Waals surface area contributed by atoms with Crippen molar-refractivity contribution in [1.29, 1.82) is 0 Å². The van der Waals surface area contributed by atoms with Crippen molar-refractivity contribution in [3.05, 3.63) is 59.4 Å². The average Bonchev–Trinajstić information content (AvgIpc) is 2.37. The van der Waals surface area contributed by atoms with Gasteiger partial charge in [-0.05, 0) is 29.2 Å². The second kappa shape index (κ2) is 5.27. The SMILES string of the molecule is CC(C)c1cccc(-c2ccc(C(F)(F)F)cc2F)c1. The van der Waals surface area contributed by atoms with E-state index in [0.717, 1.165) is 11.6 Å². The van der Waals surface area contributed by atoms with Gasteiger partial charge in [0, 0.05) is 5.56 Å². The van der Waals surface area contributed by atoms with Gasteiger partial charge in [0.05, 0.1) is 5.56 Å². The van der Waals surface area contributed by atoms with Crippen molar-refractivity contribution in [3.63, 3.8) is 0 Å². The first kappa shape index (κ1) is 14.6. The summed E-state index contributed by atoms with van der Waals surface area (Å²) in [7, 11) is 0. The van der Waals surface area contributed by atoms with Crippen molar-refractivity contribution in [3.8, 4) is 11.1 Å². The fraction of sp³-hybridized carbons (Fsp3) is 0.250. The van der Waals surface area contributed by atoms with Crippen LogP contribution in [0.3, 0.4) is 0 Å². The number of alkyl halides is 3. The lowest BCUT2D eigenvalue weighted by molar-refractivity contribution is -0.137. The Bertz CT molecular complexity index is 612. The molecule has 0 spiro atoms. The van der Waals surface area contributed by atoms with E-state index < -0.39 is 17.6 Å². The third-order valence-corrected chi connectivity index (χ3v) is 3.16. The van der Waals surface area contributed by atoms with Gasteiger partial charge in [0.25, 0.3) is 0 Å². The molecular formula is C16H14F4. The summed E-state index contributed by atoms with van der Waals surface area (Å²) in [5.41, 5.74) is 0.809. The van der Waals surface area contributed by atoms with Gasteiger partial charge in [-0.3, -0.25) is 0 Å². The van der Waals surface area contributed by atoms with E-state index in [2.05, 4.69) is 0 Å². The second-order valence-corrected chi connectivity index (χ2v) is 4.97. The maximum Gasteiger partial charge on any atom is 0.416 e. The van der Waals surface area contributed by atoms with Gasteiger partial charge in [-0.2, -0.15) is 13.2 Å². The molecule has 0 aliphatic rings. The van der Waals surface area contributed by atoms with Crippen LogP contribution in [0.15, 0.2) is 42.5 Å². The molecule has 2 aromatic rings. The van der Waals surface area contributed by atoms with Crippen LogP contribution >= 0.6 is 0 Å². The summed E-state index contributed by atoms with van der Waals surface area (Å²) in [6.45, 7) is 4.00. The Kier molecular flexibility index (Phi) is 3.84. The van der Waals surface area contributed by atoms with E-state index in [-0.39, 0.29) is 11.5 Å². The van der Waals surface area contributed by atoms with E-state index in [1.165, 1.54) is 6.07 Å². The molecule has 2 rings (SSSR count). The van der Waals surface area contributed by atoms with Crippen molar-refractivity contribution in [2.75, 3.05) is 0 Å². The van der Waals surface area contributed by atoms with E-state index in [1.54, 1.807) is 18.2 Å². The van der Waals surface area contributed by atoms with Gasteiger partial charge in [-0.1, -0.05) is 44.2 Å². The summed E-state index contributed by atoms with van der Waals surface area (Å²) in [5.74, 6) is -0.590. The predicted octanol–water partition coefficient (Wildman–Crippen LogP) is 5.63. The Morgan fingerprint density at radius 1 is 0.950 bits per heavy atom. The third-order valence-electron chi connectivity index (χ3n) is 3.16. The van der Waals surface area contributed by atoms with Crippen molar-refractivity contribution in [2.45, 2.75) is 25.9 Å². The van der Waals surface area contributed by atoms with Crippen LogP contribution in [0.1, 0.15) is 30.9 Å². The molecule has 4 heteroatoms. The maximum atomic E-state index is 13.9. The van der Waals surface area contributed by atoms with Gasteiger partial charge in [-0.25, -0.2) is 4.39 Å². The van der Waals surface area contributed by atoms with Crippen LogP contribution in [-0.2, 0) is 6.18 Å². The monoisotopic (exact) mass is 282 g/mol. The minimum atomic E-state index is -4.53. The Morgan fingerprint density at radius 3 is 2.20 bits per heavy atom. The van der Waals surface area contributed by atoms with E-state index in [4.69, 9.17) is 0 Å². The first-order valence-corrected chi connectivity index (χ1v) is 6.26. The minimum absolute atomic E-state index is 0.181. The van der Waals surface area contributed by atoms with Crippen molar-refractivity contribution < 1.29 is 17.6 Å². The van der Waals surface area contributed by atoms with Crippen LogP contribution in [0.25, 0.3) is 11.1 Å². The van der Waals surface area contributed by atoms with Crippen LogP contribution in [-0.4, -0.2) is 0 Å². The van der Waals surface area contributed by atoms with Gasteiger partial charge in [0.2, 0.25) is 0 Å².